The Kier molecular flexibility index (Phi) is 25.7. The molecule has 0 amide bonds. The molecule has 2 unspecified atom stereocenters. The minimum Gasteiger partial charge on any atom is -0.0776 e. The summed E-state index contributed by atoms with van der Waals surface area (Å²) in [5.74, 6) is 2.07. The van der Waals surface area contributed by atoms with Gasteiger partial charge in [-0.25, -0.2) is 0 Å². The van der Waals surface area contributed by atoms with Crippen LogP contribution in [-0.2, 0) is 0 Å². The van der Waals surface area contributed by atoms with Gasteiger partial charge in [-0.2, -0.15) is 0 Å². The summed E-state index contributed by atoms with van der Waals surface area (Å²) in [7, 11) is 0. The molecule has 1 fully saturated rings. The summed E-state index contributed by atoms with van der Waals surface area (Å²) in [4.78, 5) is 0. The second kappa shape index (κ2) is 20.3. The minimum absolute atomic E-state index is 0. The zero-order valence-corrected chi connectivity index (χ0v) is 14.2. The Balaban J connectivity index is -0.000000226. The Morgan fingerprint density at radius 2 is 1.21 bits per heavy atom. The molecule has 2 atom stereocenters. The molecule has 0 heterocycles. The van der Waals surface area contributed by atoms with Crippen molar-refractivity contribution in [3.8, 4) is 0 Å². The van der Waals surface area contributed by atoms with E-state index in [1.165, 1.54) is 64.2 Å². The first-order valence-electron chi connectivity index (χ1n) is 8.67. The lowest BCUT2D eigenvalue weighted by Gasteiger charge is -2.27. The summed E-state index contributed by atoms with van der Waals surface area (Å²) >= 11 is 0. The normalized spacial score (nSPS) is 21.2. The number of unbranched alkanes of at least 4 members (excludes halogenated alkanes) is 3. The highest BCUT2D eigenvalue weighted by atomic mass is 14.2. The zero-order valence-electron chi connectivity index (χ0n) is 14.2. The van der Waals surface area contributed by atoms with E-state index in [0.717, 1.165) is 11.8 Å². The predicted octanol–water partition coefficient (Wildman–Crippen LogP) is 7.86. The fourth-order valence-electron chi connectivity index (χ4n) is 2.50. The van der Waals surface area contributed by atoms with Gasteiger partial charge < -0.3 is 0 Å². The average Bonchev–Trinajstić information content (AvgIpc) is 2.38. The molecule has 0 aromatic carbocycles. The highest BCUT2D eigenvalue weighted by Crippen LogP contribution is 2.31. The summed E-state index contributed by atoms with van der Waals surface area (Å²) in [6.45, 7) is 13.4. The van der Waals surface area contributed by atoms with Crippen molar-refractivity contribution in [1.29, 1.82) is 0 Å². The minimum atomic E-state index is 0. The Morgan fingerprint density at radius 3 is 1.47 bits per heavy atom. The molecule has 0 heteroatoms. The van der Waals surface area contributed by atoms with E-state index in [1.54, 1.807) is 0 Å². The van der Waals surface area contributed by atoms with E-state index >= 15 is 0 Å². The van der Waals surface area contributed by atoms with Gasteiger partial charge in [0.15, 0.2) is 0 Å². The first-order chi connectivity index (χ1) is 8.67. The van der Waals surface area contributed by atoms with Crippen LogP contribution in [0.15, 0.2) is 0 Å². The van der Waals surface area contributed by atoms with Crippen molar-refractivity contribution in [2.45, 2.75) is 113 Å². The topological polar surface area (TPSA) is 0 Å². The largest absolute Gasteiger partial charge is 0.0776 e. The molecular weight excluding hydrogens is 228 g/mol. The van der Waals surface area contributed by atoms with E-state index in [0.29, 0.717) is 0 Å². The van der Waals surface area contributed by atoms with Crippen molar-refractivity contribution in [3.05, 3.63) is 0 Å². The zero-order chi connectivity index (χ0) is 14.2. The standard InChI is InChI=1S/C9H18.C6H14.C3H8.CH4/c1-3-9-7-5-4-6-8(9)2;1-3-5-6-4-2;1-3-2;/h8-9H,3-7H2,1-2H3;3-6H2,1-2H3;3H2,1-2H3;1H4. The molecule has 1 rings (SSSR count). The smallest absolute Gasteiger partial charge is 0.0391 e. The van der Waals surface area contributed by atoms with Crippen molar-refractivity contribution < 1.29 is 0 Å². The van der Waals surface area contributed by atoms with Gasteiger partial charge in [0.05, 0.1) is 0 Å². The van der Waals surface area contributed by atoms with Crippen LogP contribution >= 0.6 is 0 Å². The predicted molar refractivity (Wildman–Crippen MR) is 93.9 cm³/mol. The summed E-state index contributed by atoms with van der Waals surface area (Å²) in [6, 6.07) is 0. The highest BCUT2D eigenvalue weighted by molar-refractivity contribution is 4.70. The monoisotopic (exact) mass is 272 g/mol. The first-order valence-corrected chi connectivity index (χ1v) is 8.67. The maximum atomic E-state index is 2.41. The fraction of sp³-hybridized carbons (Fsp3) is 1.00. The fourth-order valence-corrected chi connectivity index (χ4v) is 2.50. The van der Waals surface area contributed by atoms with Gasteiger partial charge >= 0.3 is 0 Å². The molecule has 0 aromatic heterocycles. The van der Waals surface area contributed by atoms with E-state index in [2.05, 4.69) is 41.5 Å². The Bertz CT molecular complexity index is 124. The van der Waals surface area contributed by atoms with Gasteiger partial charge in [-0.05, 0) is 11.8 Å². The average molecular weight is 273 g/mol. The second-order valence-electron chi connectivity index (χ2n) is 5.84. The van der Waals surface area contributed by atoms with E-state index in [4.69, 9.17) is 0 Å². The Morgan fingerprint density at radius 1 is 0.789 bits per heavy atom. The van der Waals surface area contributed by atoms with Crippen molar-refractivity contribution in [1.82, 2.24) is 0 Å². The molecule has 0 aliphatic heterocycles. The third kappa shape index (κ3) is 18.0. The van der Waals surface area contributed by atoms with Crippen LogP contribution in [0.25, 0.3) is 0 Å². The highest BCUT2D eigenvalue weighted by Gasteiger charge is 2.18. The lowest BCUT2D eigenvalue weighted by molar-refractivity contribution is 0.249. The lowest BCUT2D eigenvalue weighted by atomic mass is 9.79. The Hall–Kier alpha value is 0. The molecule has 0 N–H and O–H groups in total. The SMILES string of the molecule is C.CCC.CCC1CCCCC1C.CCCCCC. The molecule has 0 saturated heterocycles. The number of hydrogen-bond acceptors (Lipinski definition) is 0. The molecule has 19 heavy (non-hydrogen) atoms. The maximum Gasteiger partial charge on any atom is -0.0391 e. The third-order valence-electron chi connectivity index (χ3n) is 3.77. The molecule has 0 spiro atoms. The van der Waals surface area contributed by atoms with Gasteiger partial charge in [-0.1, -0.05) is 113 Å². The van der Waals surface area contributed by atoms with Crippen molar-refractivity contribution >= 4 is 0 Å². The van der Waals surface area contributed by atoms with Gasteiger partial charge in [-0.3, -0.25) is 0 Å². The summed E-state index contributed by atoms with van der Waals surface area (Å²) in [5.41, 5.74) is 0. The summed E-state index contributed by atoms with van der Waals surface area (Å²) in [5, 5.41) is 0. The van der Waals surface area contributed by atoms with Gasteiger partial charge in [0.25, 0.3) is 0 Å². The van der Waals surface area contributed by atoms with E-state index in [1.807, 2.05) is 0 Å². The van der Waals surface area contributed by atoms with Crippen LogP contribution in [0.1, 0.15) is 113 Å². The molecule has 120 valence electrons. The molecule has 0 bridgehead atoms. The lowest BCUT2D eigenvalue weighted by Crippen LogP contribution is -2.15. The number of rotatable bonds is 4. The molecule has 1 saturated carbocycles. The van der Waals surface area contributed by atoms with Gasteiger partial charge in [-0.15, -0.1) is 0 Å². The molecule has 0 aromatic rings. The first kappa shape index (κ1) is 24.0. The van der Waals surface area contributed by atoms with Crippen LogP contribution in [0.5, 0.6) is 0 Å². The molecule has 0 nitrogen and oxygen atoms in total. The molecule has 0 radical (unpaired) electrons. The molecular formula is C19H44. The van der Waals surface area contributed by atoms with E-state index < -0.39 is 0 Å². The van der Waals surface area contributed by atoms with Gasteiger partial charge in [0.2, 0.25) is 0 Å². The van der Waals surface area contributed by atoms with Crippen LogP contribution in [-0.4, -0.2) is 0 Å². The van der Waals surface area contributed by atoms with Crippen LogP contribution < -0.4 is 0 Å². The van der Waals surface area contributed by atoms with Crippen molar-refractivity contribution in [2.75, 3.05) is 0 Å². The van der Waals surface area contributed by atoms with E-state index in [-0.39, 0.29) is 7.43 Å². The molecule has 1 aliphatic carbocycles. The second-order valence-corrected chi connectivity index (χ2v) is 5.84. The quantitative estimate of drug-likeness (QED) is 0.457. The third-order valence-corrected chi connectivity index (χ3v) is 3.77. The van der Waals surface area contributed by atoms with Crippen LogP contribution in [0.2, 0.25) is 0 Å². The molecule has 1 aliphatic rings. The summed E-state index contributed by atoms with van der Waals surface area (Å²) in [6.07, 6.45) is 14.1. The Labute approximate surface area is 125 Å². The van der Waals surface area contributed by atoms with Gasteiger partial charge in [0.1, 0.15) is 0 Å². The maximum absolute atomic E-state index is 2.41. The van der Waals surface area contributed by atoms with Crippen molar-refractivity contribution in [2.24, 2.45) is 11.8 Å². The van der Waals surface area contributed by atoms with Crippen molar-refractivity contribution in [3.63, 3.8) is 0 Å². The van der Waals surface area contributed by atoms with Crippen LogP contribution in [0, 0.1) is 11.8 Å². The van der Waals surface area contributed by atoms with Crippen LogP contribution in [0.4, 0.5) is 0 Å². The van der Waals surface area contributed by atoms with E-state index in [9.17, 15) is 0 Å². The summed E-state index contributed by atoms with van der Waals surface area (Å²) < 4.78 is 0. The van der Waals surface area contributed by atoms with Crippen LogP contribution in [0.3, 0.4) is 0 Å². The van der Waals surface area contributed by atoms with Gasteiger partial charge in [0, 0.05) is 0 Å². The number of hydrogen-bond donors (Lipinski definition) is 0.